The lowest BCUT2D eigenvalue weighted by Crippen LogP contribution is -2.51. The normalized spacial score (nSPS) is 30.8. The summed E-state index contributed by atoms with van der Waals surface area (Å²) in [6.45, 7) is 3.10. The van der Waals surface area contributed by atoms with Crippen LogP contribution in [0.5, 0.6) is 0 Å². The molecular weight excluding hydrogens is 276 g/mol. The molecule has 1 saturated carbocycles. The Kier molecular flexibility index (Phi) is 3.38. The van der Waals surface area contributed by atoms with Crippen molar-refractivity contribution >= 4 is 10.0 Å². The first-order valence-electron chi connectivity index (χ1n) is 7.00. The smallest absolute Gasteiger partial charge is 0.208 e. The van der Waals surface area contributed by atoms with Crippen molar-refractivity contribution in [2.45, 2.75) is 31.8 Å². The zero-order valence-electron chi connectivity index (χ0n) is 12.0. The van der Waals surface area contributed by atoms with Gasteiger partial charge in [0, 0.05) is 32.4 Å². The molecule has 1 aliphatic heterocycles. The summed E-state index contributed by atoms with van der Waals surface area (Å²) in [6, 6.07) is 0.140. The van der Waals surface area contributed by atoms with Gasteiger partial charge in [-0.15, -0.1) is 0 Å². The van der Waals surface area contributed by atoms with Crippen LogP contribution in [0.3, 0.4) is 0 Å². The SMILES string of the molecule is Cn1cncc1CN1CCC2(CC(NS(C)(=O)=O)C2)C1. The lowest BCUT2D eigenvalue weighted by atomic mass is 9.65. The molecule has 6 nitrogen and oxygen atoms in total. The third-order valence-corrected chi connectivity index (χ3v) is 5.32. The van der Waals surface area contributed by atoms with Crippen molar-refractivity contribution in [1.82, 2.24) is 19.2 Å². The highest BCUT2D eigenvalue weighted by Crippen LogP contribution is 2.48. The Morgan fingerprint density at radius 3 is 2.85 bits per heavy atom. The van der Waals surface area contributed by atoms with Gasteiger partial charge in [-0.1, -0.05) is 0 Å². The predicted octanol–water partition coefficient (Wildman–Crippen LogP) is 0.324. The highest BCUT2D eigenvalue weighted by molar-refractivity contribution is 7.88. The Balaban J connectivity index is 1.53. The number of sulfonamides is 1. The molecule has 0 amide bonds. The molecule has 1 N–H and O–H groups in total. The van der Waals surface area contributed by atoms with Gasteiger partial charge < -0.3 is 4.57 Å². The zero-order chi connectivity index (χ0) is 14.4. The van der Waals surface area contributed by atoms with Gasteiger partial charge in [-0.2, -0.15) is 0 Å². The Morgan fingerprint density at radius 1 is 1.50 bits per heavy atom. The van der Waals surface area contributed by atoms with Gasteiger partial charge in [-0.3, -0.25) is 4.90 Å². The molecule has 2 heterocycles. The van der Waals surface area contributed by atoms with E-state index in [4.69, 9.17) is 0 Å². The fourth-order valence-corrected chi connectivity index (χ4v) is 4.41. The number of rotatable bonds is 4. The molecule has 1 spiro atoms. The molecule has 3 rings (SSSR count). The second-order valence-electron chi connectivity index (χ2n) is 6.45. The monoisotopic (exact) mass is 298 g/mol. The van der Waals surface area contributed by atoms with E-state index >= 15 is 0 Å². The molecule has 1 saturated heterocycles. The van der Waals surface area contributed by atoms with E-state index in [0.29, 0.717) is 5.41 Å². The van der Waals surface area contributed by atoms with Gasteiger partial charge in [-0.25, -0.2) is 18.1 Å². The van der Waals surface area contributed by atoms with Crippen LogP contribution in [0.15, 0.2) is 12.5 Å². The second kappa shape index (κ2) is 4.82. The molecule has 0 unspecified atom stereocenters. The molecule has 1 aromatic heterocycles. The van der Waals surface area contributed by atoms with E-state index in [9.17, 15) is 8.42 Å². The van der Waals surface area contributed by atoms with Crippen molar-refractivity contribution in [2.24, 2.45) is 12.5 Å². The topological polar surface area (TPSA) is 67.2 Å². The number of imidazole rings is 1. The van der Waals surface area contributed by atoms with Crippen LogP contribution < -0.4 is 4.72 Å². The van der Waals surface area contributed by atoms with E-state index in [1.807, 2.05) is 19.6 Å². The minimum absolute atomic E-state index is 0.140. The fraction of sp³-hybridized carbons (Fsp3) is 0.769. The summed E-state index contributed by atoms with van der Waals surface area (Å²) < 4.78 is 27.2. The van der Waals surface area contributed by atoms with Crippen LogP contribution in [0.25, 0.3) is 0 Å². The number of nitrogens with one attached hydrogen (secondary N) is 1. The number of hydrogen-bond acceptors (Lipinski definition) is 4. The second-order valence-corrected chi connectivity index (χ2v) is 8.23. The maximum atomic E-state index is 11.2. The third-order valence-electron chi connectivity index (χ3n) is 4.56. The first-order valence-corrected chi connectivity index (χ1v) is 8.89. The molecule has 20 heavy (non-hydrogen) atoms. The molecule has 7 heteroatoms. The molecule has 1 aliphatic carbocycles. The molecule has 2 fully saturated rings. The number of aryl methyl sites for hydroxylation is 1. The van der Waals surface area contributed by atoms with Crippen molar-refractivity contribution in [3.8, 4) is 0 Å². The fourth-order valence-electron chi connectivity index (χ4n) is 3.63. The van der Waals surface area contributed by atoms with Crippen molar-refractivity contribution in [3.63, 3.8) is 0 Å². The molecule has 0 aromatic carbocycles. The van der Waals surface area contributed by atoms with Crippen LogP contribution in [-0.4, -0.2) is 48.3 Å². The standard InChI is InChI=1S/C13H22N4O2S/c1-16-10-14-7-12(16)8-17-4-3-13(9-17)5-11(6-13)15-20(2,18)19/h7,10-11,15H,3-6,8-9H2,1-2H3. The molecule has 1 aromatic rings. The van der Waals surface area contributed by atoms with Gasteiger partial charge in [0.2, 0.25) is 10.0 Å². The Morgan fingerprint density at radius 2 is 2.25 bits per heavy atom. The van der Waals surface area contributed by atoms with E-state index in [1.54, 1.807) is 0 Å². The molecule has 2 aliphatic rings. The highest BCUT2D eigenvalue weighted by Gasteiger charge is 2.48. The average Bonchev–Trinajstić information content (AvgIpc) is 2.85. The lowest BCUT2D eigenvalue weighted by Gasteiger charge is -2.45. The largest absolute Gasteiger partial charge is 0.337 e. The van der Waals surface area contributed by atoms with Gasteiger partial charge in [0.15, 0.2) is 0 Å². The third kappa shape index (κ3) is 2.89. The van der Waals surface area contributed by atoms with Crippen molar-refractivity contribution < 1.29 is 8.42 Å². The first kappa shape index (κ1) is 14.0. The zero-order valence-corrected chi connectivity index (χ0v) is 12.9. The number of nitrogens with zero attached hydrogens (tertiary/aromatic N) is 3. The Bertz CT molecular complexity index is 589. The molecular formula is C13H22N4O2S. The van der Waals surface area contributed by atoms with E-state index in [2.05, 4.69) is 19.2 Å². The van der Waals surface area contributed by atoms with Crippen LogP contribution in [0.2, 0.25) is 0 Å². The van der Waals surface area contributed by atoms with Crippen LogP contribution >= 0.6 is 0 Å². The van der Waals surface area contributed by atoms with Gasteiger partial charge in [0.25, 0.3) is 0 Å². The minimum atomic E-state index is -3.07. The highest BCUT2D eigenvalue weighted by atomic mass is 32.2. The predicted molar refractivity (Wildman–Crippen MR) is 76.5 cm³/mol. The van der Waals surface area contributed by atoms with Crippen LogP contribution in [-0.2, 0) is 23.6 Å². The van der Waals surface area contributed by atoms with Gasteiger partial charge in [0.1, 0.15) is 0 Å². The molecule has 0 bridgehead atoms. The summed E-state index contributed by atoms with van der Waals surface area (Å²) in [5, 5.41) is 0. The quantitative estimate of drug-likeness (QED) is 0.869. The summed E-state index contributed by atoms with van der Waals surface area (Å²) in [4.78, 5) is 6.60. The maximum Gasteiger partial charge on any atom is 0.208 e. The molecule has 0 radical (unpaired) electrons. The summed E-state index contributed by atoms with van der Waals surface area (Å²) >= 11 is 0. The van der Waals surface area contributed by atoms with E-state index in [0.717, 1.165) is 32.5 Å². The van der Waals surface area contributed by atoms with Crippen molar-refractivity contribution in [2.75, 3.05) is 19.3 Å². The van der Waals surface area contributed by atoms with Gasteiger partial charge in [-0.05, 0) is 31.2 Å². The Hall–Kier alpha value is -0.920. The first-order chi connectivity index (χ1) is 9.35. The van der Waals surface area contributed by atoms with Crippen LogP contribution in [0, 0.1) is 5.41 Å². The summed E-state index contributed by atoms with van der Waals surface area (Å²) in [5.41, 5.74) is 1.56. The summed E-state index contributed by atoms with van der Waals surface area (Å²) in [6.07, 6.45) is 8.11. The van der Waals surface area contributed by atoms with Crippen molar-refractivity contribution in [1.29, 1.82) is 0 Å². The minimum Gasteiger partial charge on any atom is -0.337 e. The van der Waals surface area contributed by atoms with E-state index in [1.165, 1.54) is 18.4 Å². The van der Waals surface area contributed by atoms with Crippen LogP contribution in [0.1, 0.15) is 25.0 Å². The lowest BCUT2D eigenvalue weighted by molar-refractivity contribution is 0.101. The molecule has 0 atom stereocenters. The number of aromatic nitrogens is 2. The van der Waals surface area contributed by atoms with E-state index < -0.39 is 10.0 Å². The Labute approximate surface area is 120 Å². The van der Waals surface area contributed by atoms with E-state index in [-0.39, 0.29) is 6.04 Å². The van der Waals surface area contributed by atoms with Crippen molar-refractivity contribution in [3.05, 3.63) is 18.2 Å². The van der Waals surface area contributed by atoms with Gasteiger partial charge in [0.05, 0.1) is 18.3 Å². The van der Waals surface area contributed by atoms with Gasteiger partial charge >= 0.3 is 0 Å². The average molecular weight is 298 g/mol. The molecule has 112 valence electrons. The number of likely N-dealkylation sites (tertiary alicyclic amines) is 1. The summed E-state index contributed by atoms with van der Waals surface area (Å²) in [7, 11) is -1.05. The summed E-state index contributed by atoms with van der Waals surface area (Å²) in [5.74, 6) is 0. The maximum absolute atomic E-state index is 11.2. The number of hydrogen-bond donors (Lipinski definition) is 1. The van der Waals surface area contributed by atoms with Crippen LogP contribution in [0.4, 0.5) is 0 Å².